The van der Waals surface area contributed by atoms with E-state index in [-0.39, 0.29) is 6.03 Å². The maximum Gasteiger partial charge on any atom is 0.317 e. The number of carbonyl (C=O) groups excluding carboxylic acids is 1. The first kappa shape index (κ1) is 19.3. The number of aromatic nitrogens is 2. The fraction of sp³-hybridized carbons (Fsp3) is 0.391. The van der Waals surface area contributed by atoms with Gasteiger partial charge in [-0.25, -0.2) is 9.78 Å². The molecule has 4 rings (SSSR count). The highest BCUT2D eigenvalue weighted by molar-refractivity contribution is 5.75. The van der Waals surface area contributed by atoms with Crippen molar-refractivity contribution >= 4 is 17.1 Å². The van der Waals surface area contributed by atoms with Crippen LogP contribution in [0.15, 0.2) is 48.5 Å². The predicted octanol–water partition coefficient (Wildman–Crippen LogP) is 3.78. The molecule has 1 aliphatic rings. The summed E-state index contributed by atoms with van der Waals surface area (Å²) >= 11 is 0. The van der Waals surface area contributed by atoms with Crippen molar-refractivity contribution in [3.63, 3.8) is 0 Å². The number of para-hydroxylation sites is 3. The summed E-state index contributed by atoms with van der Waals surface area (Å²) in [6.45, 7) is 2.19. The molecule has 29 heavy (non-hydrogen) atoms. The van der Waals surface area contributed by atoms with Crippen LogP contribution in [-0.2, 0) is 12.8 Å². The molecular formula is C23H28N4O2. The third-order valence-corrected chi connectivity index (χ3v) is 5.59. The van der Waals surface area contributed by atoms with Crippen LogP contribution < -0.4 is 10.1 Å². The molecule has 1 aliphatic heterocycles. The standard InChI is InChI=1S/C23H28N4O2/c1-29-21-11-5-2-8-18(21)12-13-24-23(28)27-14-6-7-17(16-27)15-22-25-19-9-3-4-10-20(19)26-22/h2-5,8-11,17H,6-7,12-16H2,1H3,(H,24,28)(H,25,26)/t17-/m0/s1. The smallest absolute Gasteiger partial charge is 0.317 e. The average Bonchev–Trinajstić information content (AvgIpc) is 3.16. The highest BCUT2D eigenvalue weighted by Gasteiger charge is 2.24. The second-order valence-electron chi connectivity index (χ2n) is 7.65. The lowest BCUT2D eigenvalue weighted by atomic mass is 9.95. The van der Waals surface area contributed by atoms with Crippen molar-refractivity contribution in [2.24, 2.45) is 5.92 Å². The lowest BCUT2D eigenvalue weighted by molar-refractivity contribution is 0.165. The van der Waals surface area contributed by atoms with E-state index >= 15 is 0 Å². The molecule has 0 aliphatic carbocycles. The van der Waals surface area contributed by atoms with Gasteiger partial charge in [0.1, 0.15) is 11.6 Å². The Bertz CT molecular complexity index is 935. The lowest BCUT2D eigenvalue weighted by Crippen LogP contribution is -2.46. The number of ether oxygens (including phenoxy) is 1. The maximum atomic E-state index is 12.6. The first-order chi connectivity index (χ1) is 14.2. The molecule has 1 aromatic heterocycles. The largest absolute Gasteiger partial charge is 0.496 e. The number of nitrogens with one attached hydrogen (secondary N) is 2. The zero-order chi connectivity index (χ0) is 20.1. The number of aromatic amines is 1. The van der Waals surface area contributed by atoms with Crippen molar-refractivity contribution in [1.29, 1.82) is 0 Å². The van der Waals surface area contributed by atoms with Crippen LogP contribution >= 0.6 is 0 Å². The van der Waals surface area contributed by atoms with E-state index in [4.69, 9.17) is 4.74 Å². The number of urea groups is 1. The Morgan fingerprint density at radius 1 is 1.24 bits per heavy atom. The third kappa shape index (κ3) is 4.70. The van der Waals surface area contributed by atoms with Gasteiger partial charge in [0.15, 0.2) is 0 Å². The van der Waals surface area contributed by atoms with E-state index in [1.165, 1.54) is 0 Å². The normalized spacial score (nSPS) is 16.7. The van der Waals surface area contributed by atoms with Gasteiger partial charge in [0.25, 0.3) is 0 Å². The minimum atomic E-state index is 0.0224. The van der Waals surface area contributed by atoms with E-state index in [0.29, 0.717) is 12.5 Å². The summed E-state index contributed by atoms with van der Waals surface area (Å²) in [5.74, 6) is 2.31. The Hall–Kier alpha value is -3.02. The molecule has 3 aromatic rings. The number of carbonyl (C=O) groups is 1. The molecule has 152 valence electrons. The van der Waals surface area contributed by atoms with E-state index in [0.717, 1.165) is 66.9 Å². The molecule has 6 nitrogen and oxygen atoms in total. The molecule has 1 fully saturated rings. The Labute approximate surface area is 171 Å². The fourth-order valence-corrected chi connectivity index (χ4v) is 4.12. The van der Waals surface area contributed by atoms with Crippen LogP contribution in [0.1, 0.15) is 24.2 Å². The summed E-state index contributed by atoms with van der Waals surface area (Å²) in [7, 11) is 1.67. The number of amides is 2. The molecular weight excluding hydrogens is 364 g/mol. The van der Waals surface area contributed by atoms with Crippen molar-refractivity contribution in [1.82, 2.24) is 20.2 Å². The monoisotopic (exact) mass is 392 g/mol. The number of benzene rings is 2. The van der Waals surface area contributed by atoms with Crippen molar-refractivity contribution < 1.29 is 9.53 Å². The molecule has 1 atom stereocenters. The number of nitrogens with zero attached hydrogens (tertiary/aromatic N) is 2. The van der Waals surface area contributed by atoms with Crippen LogP contribution in [0.4, 0.5) is 4.79 Å². The van der Waals surface area contributed by atoms with Crippen LogP contribution in [0.2, 0.25) is 0 Å². The van der Waals surface area contributed by atoms with Crippen LogP contribution in [0, 0.1) is 5.92 Å². The minimum Gasteiger partial charge on any atom is -0.496 e. The number of hydrogen-bond acceptors (Lipinski definition) is 3. The number of rotatable bonds is 6. The number of H-pyrrole nitrogens is 1. The number of likely N-dealkylation sites (tertiary alicyclic amines) is 1. The summed E-state index contributed by atoms with van der Waals surface area (Å²) in [6, 6.07) is 16.1. The molecule has 2 heterocycles. The third-order valence-electron chi connectivity index (χ3n) is 5.59. The van der Waals surface area contributed by atoms with Crippen molar-refractivity contribution in [3.05, 3.63) is 59.9 Å². The van der Waals surface area contributed by atoms with Gasteiger partial charge in [-0.05, 0) is 48.9 Å². The zero-order valence-electron chi connectivity index (χ0n) is 16.9. The van der Waals surface area contributed by atoms with Gasteiger partial charge in [-0.1, -0.05) is 30.3 Å². The molecule has 0 bridgehead atoms. The van der Waals surface area contributed by atoms with E-state index in [1.54, 1.807) is 7.11 Å². The number of hydrogen-bond donors (Lipinski definition) is 2. The Morgan fingerprint density at radius 2 is 2.07 bits per heavy atom. The van der Waals surface area contributed by atoms with Crippen LogP contribution in [0.3, 0.4) is 0 Å². The highest BCUT2D eigenvalue weighted by Crippen LogP contribution is 2.22. The van der Waals surface area contributed by atoms with Crippen molar-refractivity contribution in [2.45, 2.75) is 25.7 Å². The molecule has 0 spiro atoms. The molecule has 0 unspecified atom stereocenters. The van der Waals surface area contributed by atoms with Gasteiger partial charge in [0.2, 0.25) is 0 Å². The van der Waals surface area contributed by atoms with Crippen LogP contribution in [0.25, 0.3) is 11.0 Å². The topological polar surface area (TPSA) is 70.2 Å². The Kier molecular flexibility index (Phi) is 5.98. The molecule has 0 saturated carbocycles. The molecule has 2 amide bonds. The van der Waals surface area contributed by atoms with Gasteiger partial charge in [0, 0.05) is 26.1 Å². The summed E-state index contributed by atoms with van der Waals surface area (Å²) in [6.07, 6.45) is 3.79. The van der Waals surface area contributed by atoms with Gasteiger partial charge in [-0.15, -0.1) is 0 Å². The minimum absolute atomic E-state index is 0.0224. The van der Waals surface area contributed by atoms with Gasteiger partial charge in [-0.3, -0.25) is 0 Å². The molecule has 0 radical (unpaired) electrons. The van der Waals surface area contributed by atoms with Crippen molar-refractivity contribution in [2.75, 3.05) is 26.7 Å². The van der Waals surface area contributed by atoms with E-state index in [1.807, 2.05) is 53.4 Å². The first-order valence-corrected chi connectivity index (χ1v) is 10.3. The van der Waals surface area contributed by atoms with Gasteiger partial charge in [-0.2, -0.15) is 0 Å². The Balaban J connectivity index is 1.29. The summed E-state index contributed by atoms with van der Waals surface area (Å²) in [5.41, 5.74) is 3.19. The van der Waals surface area contributed by atoms with E-state index < -0.39 is 0 Å². The van der Waals surface area contributed by atoms with Crippen molar-refractivity contribution in [3.8, 4) is 5.75 Å². The second-order valence-corrected chi connectivity index (χ2v) is 7.65. The number of imidazole rings is 1. The van der Waals surface area contributed by atoms with Crippen LogP contribution in [-0.4, -0.2) is 47.6 Å². The van der Waals surface area contributed by atoms with Gasteiger partial charge >= 0.3 is 6.03 Å². The summed E-state index contributed by atoms with van der Waals surface area (Å²) < 4.78 is 5.38. The Morgan fingerprint density at radius 3 is 2.93 bits per heavy atom. The van der Waals surface area contributed by atoms with Crippen LogP contribution in [0.5, 0.6) is 5.75 Å². The van der Waals surface area contributed by atoms with E-state index in [9.17, 15) is 4.79 Å². The first-order valence-electron chi connectivity index (χ1n) is 10.3. The second kappa shape index (κ2) is 8.99. The van der Waals surface area contributed by atoms with Gasteiger partial charge in [0.05, 0.1) is 18.1 Å². The molecule has 2 aromatic carbocycles. The lowest BCUT2D eigenvalue weighted by Gasteiger charge is -2.32. The summed E-state index contributed by atoms with van der Waals surface area (Å²) in [4.78, 5) is 22.7. The maximum absolute atomic E-state index is 12.6. The SMILES string of the molecule is COc1ccccc1CCNC(=O)N1CCC[C@@H](Cc2nc3ccccc3[nH]2)C1. The quantitative estimate of drug-likeness (QED) is 0.671. The number of fused-ring (bicyclic) bond motifs is 1. The predicted molar refractivity (Wildman–Crippen MR) is 114 cm³/mol. The summed E-state index contributed by atoms with van der Waals surface area (Å²) in [5, 5.41) is 3.07. The molecule has 2 N–H and O–H groups in total. The highest BCUT2D eigenvalue weighted by atomic mass is 16.5. The van der Waals surface area contributed by atoms with E-state index in [2.05, 4.69) is 15.3 Å². The number of methoxy groups -OCH3 is 1. The zero-order valence-corrected chi connectivity index (χ0v) is 16.9. The van der Waals surface area contributed by atoms with Gasteiger partial charge < -0.3 is 19.9 Å². The number of piperidine rings is 1. The fourth-order valence-electron chi connectivity index (χ4n) is 4.12. The molecule has 6 heteroatoms. The average molecular weight is 393 g/mol. The molecule has 1 saturated heterocycles.